The molecule has 1 fully saturated rings. The molecule has 3 rings (SSSR count). The highest BCUT2D eigenvalue weighted by Crippen LogP contribution is 2.52. The number of nitriles is 2. The van der Waals surface area contributed by atoms with Crippen molar-refractivity contribution in [3.63, 3.8) is 0 Å². The molecule has 0 unspecified atom stereocenters. The molecule has 1 spiro atoms. The van der Waals surface area contributed by atoms with E-state index in [0.717, 1.165) is 42.7 Å². The zero-order chi connectivity index (χ0) is 17.9. The maximum Gasteiger partial charge on any atom is 0.129 e. The summed E-state index contributed by atoms with van der Waals surface area (Å²) in [5.41, 5.74) is 7.79. The number of halogens is 1. The number of thioether (sulfide) groups is 1. The number of nitrogens with zero attached hydrogens (tertiary/aromatic N) is 3. The highest BCUT2D eigenvalue weighted by atomic mass is 35.5. The van der Waals surface area contributed by atoms with Crippen LogP contribution in [0.5, 0.6) is 0 Å². The van der Waals surface area contributed by atoms with Crippen molar-refractivity contribution in [2.24, 2.45) is 11.1 Å². The van der Waals surface area contributed by atoms with Crippen LogP contribution in [0.15, 0.2) is 40.3 Å². The fourth-order valence-electron chi connectivity index (χ4n) is 3.58. The minimum absolute atomic E-state index is 0.375. The normalized spacial score (nSPS) is 19.3. The van der Waals surface area contributed by atoms with Gasteiger partial charge in [0.1, 0.15) is 11.0 Å². The first-order chi connectivity index (χ1) is 12.1. The summed E-state index contributed by atoms with van der Waals surface area (Å²) >= 11 is 7.33. The summed E-state index contributed by atoms with van der Waals surface area (Å²) in [5, 5.41) is 23.8. The third-order valence-electron chi connectivity index (χ3n) is 4.80. The molecule has 7 heteroatoms. The lowest BCUT2D eigenvalue weighted by molar-refractivity contribution is 0.294. The van der Waals surface area contributed by atoms with E-state index in [2.05, 4.69) is 22.4 Å². The zero-order valence-corrected chi connectivity index (χ0v) is 15.3. The second-order valence-corrected chi connectivity index (χ2v) is 7.63. The molecule has 2 heterocycles. The molecule has 128 valence electrons. The second-order valence-electron chi connectivity index (χ2n) is 6.26. The average Bonchev–Trinajstić information content (AvgIpc) is 2.62. The van der Waals surface area contributed by atoms with Crippen LogP contribution < -0.4 is 11.1 Å². The first-order valence-electron chi connectivity index (χ1n) is 8.16. The van der Waals surface area contributed by atoms with Crippen LogP contribution in [0.2, 0.25) is 5.15 Å². The van der Waals surface area contributed by atoms with Crippen molar-refractivity contribution in [1.29, 1.82) is 10.5 Å². The van der Waals surface area contributed by atoms with Gasteiger partial charge in [-0.2, -0.15) is 10.5 Å². The minimum Gasteiger partial charge on any atom is -0.384 e. The standard InChI is InChI=1S/C18H18ClN5S/c19-15-5-4-12(10-23-15)11-25-17-14(9-21)18(6-2-1-3-7-18)13(8-20)16(22)24-17/h4-5,10,24H,1-3,6-7,11,22H2. The van der Waals surface area contributed by atoms with Crippen LogP contribution >= 0.6 is 23.4 Å². The van der Waals surface area contributed by atoms with Crippen molar-refractivity contribution < 1.29 is 0 Å². The van der Waals surface area contributed by atoms with Crippen molar-refractivity contribution in [2.75, 3.05) is 0 Å². The summed E-state index contributed by atoms with van der Waals surface area (Å²) in [5.74, 6) is 1.02. The van der Waals surface area contributed by atoms with Gasteiger partial charge in [0.25, 0.3) is 0 Å². The van der Waals surface area contributed by atoms with Crippen molar-refractivity contribution in [1.82, 2.24) is 10.3 Å². The number of rotatable bonds is 3. The van der Waals surface area contributed by atoms with Gasteiger partial charge in [0.2, 0.25) is 0 Å². The predicted molar refractivity (Wildman–Crippen MR) is 98.7 cm³/mol. The fourth-order valence-corrected chi connectivity index (χ4v) is 4.74. The molecular weight excluding hydrogens is 354 g/mol. The molecule has 2 aliphatic rings. The van der Waals surface area contributed by atoms with Gasteiger partial charge in [-0.1, -0.05) is 36.9 Å². The van der Waals surface area contributed by atoms with E-state index in [1.807, 2.05) is 6.07 Å². The molecule has 1 saturated carbocycles. The average molecular weight is 372 g/mol. The molecule has 1 aromatic rings. The van der Waals surface area contributed by atoms with Crippen LogP contribution in [-0.2, 0) is 5.75 Å². The summed E-state index contributed by atoms with van der Waals surface area (Å²) in [4.78, 5) is 4.08. The topological polar surface area (TPSA) is 98.5 Å². The lowest BCUT2D eigenvalue weighted by atomic mass is 9.64. The van der Waals surface area contributed by atoms with Crippen LogP contribution in [0.3, 0.4) is 0 Å². The van der Waals surface area contributed by atoms with E-state index in [4.69, 9.17) is 17.3 Å². The summed E-state index contributed by atoms with van der Waals surface area (Å²) in [6, 6.07) is 8.27. The summed E-state index contributed by atoms with van der Waals surface area (Å²) in [7, 11) is 0. The van der Waals surface area contributed by atoms with Gasteiger partial charge >= 0.3 is 0 Å². The Morgan fingerprint density at radius 3 is 2.52 bits per heavy atom. The lowest BCUT2D eigenvalue weighted by Crippen LogP contribution is -2.39. The van der Waals surface area contributed by atoms with Gasteiger partial charge in [-0.15, -0.1) is 11.8 Å². The minimum atomic E-state index is -0.530. The van der Waals surface area contributed by atoms with Gasteiger partial charge in [-0.25, -0.2) is 4.98 Å². The van der Waals surface area contributed by atoms with E-state index in [1.165, 1.54) is 11.8 Å². The van der Waals surface area contributed by atoms with Crippen LogP contribution in [0.25, 0.3) is 0 Å². The Hall–Kier alpha value is -2.15. The monoisotopic (exact) mass is 371 g/mol. The molecule has 0 radical (unpaired) electrons. The summed E-state index contributed by atoms with van der Waals surface area (Å²) in [6.07, 6.45) is 6.46. The van der Waals surface area contributed by atoms with E-state index in [-0.39, 0.29) is 0 Å². The fraction of sp³-hybridized carbons (Fsp3) is 0.389. The molecule has 0 saturated heterocycles. The van der Waals surface area contributed by atoms with E-state index in [0.29, 0.717) is 27.9 Å². The Balaban J connectivity index is 1.93. The van der Waals surface area contributed by atoms with Gasteiger partial charge in [0.05, 0.1) is 28.3 Å². The van der Waals surface area contributed by atoms with E-state index < -0.39 is 5.41 Å². The molecule has 0 atom stereocenters. The van der Waals surface area contributed by atoms with E-state index >= 15 is 0 Å². The number of nitrogens with one attached hydrogen (secondary N) is 1. The van der Waals surface area contributed by atoms with Gasteiger partial charge < -0.3 is 11.1 Å². The summed E-state index contributed by atoms with van der Waals surface area (Å²) < 4.78 is 0. The smallest absolute Gasteiger partial charge is 0.129 e. The third-order valence-corrected chi connectivity index (χ3v) is 6.10. The third kappa shape index (κ3) is 3.33. The molecular formula is C18H18ClN5S. The number of aromatic nitrogens is 1. The van der Waals surface area contributed by atoms with Crippen molar-refractivity contribution >= 4 is 23.4 Å². The molecule has 0 amide bonds. The zero-order valence-electron chi connectivity index (χ0n) is 13.7. The van der Waals surface area contributed by atoms with Crippen molar-refractivity contribution in [3.05, 3.63) is 51.0 Å². The summed E-state index contributed by atoms with van der Waals surface area (Å²) in [6.45, 7) is 0. The highest BCUT2D eigenvalue weighted by Gasteiger charge is 2.45. The molecule has 1 aromatic heterocycles. The van der Waals surface area contributed by atoms with Crippen molar-refractivity contribution in [2.45, 2.75) is 37.9 Å². The van der Waals surface area contributed by atoms with Crippen molar-refractivity contribution in [3.8, 4) is 12.1 Å². The van der Waals surface area contributed by atoms with Gasteiger partial charge in [0.15, 0.2) is 0 Å². The molecule has 0 aromatic carbocycles. The molecule has 3 N–H and O–H groups in total. The Morgan fingerprint density at radius 2 is 1.92 bits per heavy atom. The number of nitrogens with two attached hydrogens (primary N) is 1. The van der Waals surface area contributed by atoms with Gasteiger partial charge in [-0.3, -0.25) is 0 Å². The highest BCUT2D eigenvalue weighted by molar-refractivity contribution is 8.02. The Bertz CT molecular complexity index is 807. The quantitative estimate of drug-likeness (QED) is 0.780. The number of hydrogen-bond acceptors (Lipinski definition) is 6. The maximum atomic E-state index is 9.85. The molecule has 5 nitrogen and oxygen atoms in total. The maximum absolute atomic E-state index is 9.85. The van der Waals surface area contributed by atoms with E-state index in [1.54, 1.807) is 12.3 Å². The molecule has 0 bridgehead atoms. The molecule has 25 heavy (non-hydrogen) atoms. The lowest BCUT2D eigenvalue weighted by Gasteiger charge is -2.40. The Morgan fingerprint density at radius 1 is 1.20 bits per heavy atom. The van der Waals surface area contributed by atoms with Gasteiger partial charge in [0, 0.05) is 17.4 Å². The van der Waals surface area contributed by atoms with Crippen LogP contribution in [0, 0.1) is 28.1 Å². The van der Waals surface area contributed by atoms with E-state index in [9.17, 15) is 10.5 Å². The number of allylic oxidation sites excluding steroid dienone is 2. The van der Waals surface area contributed by atoms with Gasteiger partial charge in [-0.05, 0) is 24.5 Å². The number of hydrogen-bond donors (Lipinski definition) is 2. The second kappa shape index (κ2) is 7.39. The van der Waals surface area contributed by atoms with Crippen LogP contribution in [0.1, 0.15) is 37.7 Å². The number of dihydropyridines is 1. The largest absolute Gasteiger partial charge is 0.384 e. The first kappa shape index (κ1) is 17.7. The molecule has 1 aliphatic carbocycles. The number of pyridine rings is 1. The SMILES string of the molecule is N#CC1=C(N)NC(SCc2ccc(Cl)nc2)=C(C#N)C12CCCCC2. The Labute approximate surface area is 156 Å². The van der Waals surface area contributed by atoms with Crippen LogP contribution in [-0.4, -0.2) is 4.98 Å². The molecule has 1 aliphatic heterocycles. The first-order valence-corrected chi connectivity index (χ1v) is 9.52. The van der Waals surface area contributed by atoms with Crippen LogP contribution in [0.4, 0.5) is 0 Å². The predicted octanol–water partition coefficient (Wildman–Crippen LogP) is 3.95. The Kier molecular flexibility index (Phi) is 5.22.